The van der Waals surface area contributed by atoms with E-state index in [1.54, 1.807) is 29.5 Å². The van der Waals surface area contributed by atoms with Gasteiger partial charge in [-0.15, -0.1) is 5.10 Å². The molecule has 0 bridgehead atoms. The number of hydrogen-bond donors (Lipinski definition) is 0. The minimum absolute atomic E-state index is 0.0758. The van der Waals surface area contributed by atoms with E-state index in [4.69, 9.17) is 9.47 Å². The number of aromatic nitrogens is 3. The SMILES string of the molecule is COc1cc(C)c(CN2CCN(CCn3nc4ccccn4c3=O)CC2)cc1OC. The highest BCUT2D eigenvalue weighted by Gasteiger charge is 2.19. The molecule has 8 nitrogen and oxygen atoms in total. The Morgan fingerprint density at radius 1 is 0.967 bits per heavy atom. The van der Waals surface area contributed by atoms with E-state index in [0.29, 0.717) is 12.2 Å². The fourth-order valence-electron chi connectivity index (χ4n) is 3.95. The highest BCUT2D eigenvalue weighted by atomic mass is 16.5. The zero-order chi connectivity index (χ0) is 21.1. The second-order valence-electron chi connectivity index (χ2n) is 7.69. The van der Waals surface area contributed by atoms with Gasteiger partial charge in [0.1, 0.15) is 0 Å². The largest absolute Gasteiger partial charge is 0.493 e. The van der Waals surface area contributed by atoms with Gasteiger partial charge in [0.15, 0.2) is 17.1 Å². The van der Waals surface area contributed by atoms with Crippen molar-refractivity contribution < 1.29 is 9.47 Å². The van der Waals surface area contributed by atoms with Gasteiger partial charge in [0, 0.05) is 45.5 Å². The van der Waals surface area contributed by atoms with Gasteiger partial charge in [-0.25, -0.2) is 9.48 Å². The van der Waals surface area contributed by atoms with Gasteiger partial charge >= 0.3 is 5.69 Å². The van der Waals surface area contributed by atoms with Crippen molar-refractivity contribution in [2.75, 3.05) is 46.9 Å². The summed E-state index contributed by atoms with van der Waals surface area (Å²) in [5.41, 5.74) is 3.09. The highest BCUT2D eigenvalue weighted by Crippen LogP contribution is 2.30. The minimum Gasteiger partial charge on any atom is -0.493 e. The molecule has 0 N–H and O–H groups in total. The normalized spacial score (nSPS) is 15.6. The van der Waals surface area contributed by atoms with Crippen molar-refractivity contribution in [2.45, 2.75) is 20.0 Å². The maximum atomic E-state index is 12.4. The molecule has 160 valence electrons. The quantitative estimate of drug-likeness (QED) is 0.589. The van der Waals surface area contributed by atoms with Gasteiger partial charge in [-0.1, -0.05) is 6.07 Å². The van der Waals surface area contributed by atoms with Gasteiger partial charge in [0.05, 0.1) is 20.8 Å². The summed E-state index contributed by atoms with van der Waals surface area (Å²) < 4.78 is 14.0. The molecule has 1 saturated heterocycles. The van der Waals surface area contributed by atoms with Crippen LogP contribution in [0.4, 0.5) is 0 Å². The third-order valence-corrected chi connectivity index (χ3v) is 5.82. The number of fused-ring (bicyclic) bond motifs is 1. The van der Waals surface area contributed by atoms with Crippen LogP contribution in [0.2, 0.25) is 0 Å². The van der Waals surface area contributed by atoms with E-state index in [-0.39, 0.29) is 5.69 Å². The summed E-state index contributed by atoms with van der Waals surface area (Å²) in [5, 5.41) is 4.42. The van der Waals surface area contributed by atoms with Crippen molar-refractivity contribution >= 4 is 5.65 Å². The first-order valence-electron chi connectivity index (χ1n) is 10.3. The molecule has 0 radical (unpaired) electrons. The van der Waals surface area contributed by atoms with Crippen molar-refractivity contribution in [3.63, 3.8) is 0 Å². The Labute approximate surface area is 176 Å². The smallest absolute Gasteiger partial charge is 0.350 e. The van der Waals surface area contributed by atoms with Crippen molar-refractivity contribution in [1.82, 2.24) is 24.0 Å². The summed E-state index contributed by atoms with van der Waals surface area (Å²) in [4.78, 5) is 17.3. The van der Waals surface area contributed by atoms with E-state index >= 15 is 0 Å². The summed E-state index contributed by atoms with van der Waals surface area (Å²) in [5.74, 6) is 1.54. The van der Waals surface area contributed by atoms with Crippen LogP contribution >= 0.6 is 0 Å². The van der Waals surface area contributed by atoms with Crippen LogP contribution in [-0.2, 0) is 13.1 Å². The number of piperazine rings is 1. The summed E-state index contributed by atoms with van der Waals surface area (Å²) in [6.45, 7) is 8.39. The van der Waals surface area contributed by atoms with Crippen LogP contribution in [0.25, 0.3) is 5.65 Å². The predicted molar refractivity (Wildman–Crippen MR) is 115 cm³/mol. The maximum absolute atomic E-state index is 12.4. The first-order chi connectivity index (χ1) is 14.6. The summed E-state index contributed by atoms with van der Waals surface area (Å²) in [6, 6.07) is 9.71. The lowest BCUT2D eigenvalue weighted by atomic mass is 10.1. The molecule has 1 aromatic carbocycles. The molecule has 8 heteroatoms. The van der Waals surface area contributed by atoms with Crippen LogP contribution in [0.15, 0.2) is 41.3 Å². The Morgan fingerprint density at radius 2 is 1.67 bits per heavy atom. The second kappa shape index (κ2) is 8.89. The first-order valence-corrected chi connectivity index (χ1v) is 10.3. The number of benzene rings is 1. The van der Waals surface area contributed by atoms with Gasteiger partial charge in [-0.3, -0.25) is 14.2 Å². The topological polar surface area (TPSA) is 64.2 Å². The van der Waals surface area contributed by atoms with Gasteiger partial charge in [0.25, 0.3) is 0 Å². The van der Waals surface area contributed by atoms with Crippen molar-refractivity contribution in [3.05, 3.63) is 58.1 Å². The molecule has 0 saturated carbocycles. The Bertz CT molecular complexity index is 1070. The standard InChI is InChI=1S/C22H29N5O3/c1-17-14-19(29-2)20(30-3)15-18(17)16-25-10-8-24(9-11-25)12-13-27-22(28)26-7-5-4-6-21(26)23-27/h4-7,14-15H,8-13,16H2,1-3H3. The van der Waals surface area contributed by atoms with Crippen LogP contribution in [0.3, 0.4) is 0 Å². The fourth-order valence-corrected chi connectivity index (χ4v) is 3.95. The van der Waals surface area contributed by atoms with E-state index in [1.165, 1.54) is 11.1 Å². The third kappa shape index (κ3) is 4.20. The fraction of sp³-hybridized carbons (Fsp3) is 0.455. The van der Waals surface area contributed by atoms with Crippen LogP contribution < -0.4 is 15.2 Å². The second-order valence-corrected chi connectivity index (χ2v) is 7.69. The van der Waals surface area contributed by atoms with Gasteiger partial charge < -0.3 is 9.47 Å². The summed E-state index contributed by atoms with van der Waals surface area (Å²) >= 11 is 0. The van der Waals surface area contributed by atoms with E-state index in [2.05, 4.69) is 27.9 Å². The van der Waals surface area contributed by atoms with Gasteiger partial charge in [-0.2, -0.15) is 0 Å². The van der Waals surface area contributed by atoms with E-state index in [0.717, 1.165) is 50.8 Å². The molecule has 0 spiro atoms. The number of aryl methyl sites for hydroxylation is 1. The van der Waals surface area contributed by atoms with Crippen molar-refractivity contribution in [3.8, 4) is 11.5 Å². The Kier molecular flexibility index (Phi) is 6.06. The summed E-state index contributed by atoms with van der Waals surface area (Å²) in [6.07, 6.45) is 1.76. The molecular formula is C22H29N5O3. The van der Waals surface area contributed by atoms with Crippen molar-refractivity contribution in [1.29, 1.82) is 0 Å². The van der Waals surface area contributed by atoms with Crippen LogP contribution in [0, 0.1) is 6.92 Å². The zero-order valence-electron chi connectivity index (χ0n) is 17.9. The number of ether oxygens (including phenoxy) is 2. The molecular weight excluding hydrogens is 382 g/mol. The Morgan fingerprint density at radius 3 is 2.37 bits per heavy atom. The lowest BCUT2D eigenvalue weighted by molar-refractivity contribution is 0.122. The molecule has 0 aliphatic carbocycles. The van der Waals surface area contributed by atoms with E-state index in [9.17, 15) is 4.79 Å². The van der Waals surface area contributed by atoms with Gasteiger partial charge in [0.2, 0.25) is 0 Å². The van der Waals surface area contributed by atoms with Crippen LogP contribution in [0.1, 0.15) is 11.1 Å². The predicted octanol–water partition coefficient (Wildman–Crippen LogP) is 1.64. The molecule has 4 rings (SSSR count). The number of nitrogens with zero attached hydrogens (tertiary/aromatic N) is 5. The molecule has 2 aromatic heterocycles. The first kappa shape index (κ1) is 20.4. The number of pyridine rings is 1. The van der Waals surface area contributed by atoms with E-state index in [1.807, 2.05) is 24.3 Å². The molecule has 0 unspecified atom stereocenters. The maximum Gasteiger partial charge on any atom is 0.350 e. The molecule has 1 aliphatic heterocycles. The summed E-state index contributed by atoms with van der Waals surface area (Å²) in [7, 11) is 3.33. The zero-order valence-corrected chi connectivity index (χ0v) is 17.9. The Hall–Kier alpha value is -2.84. The minimum atomic E-state index is -0.0758. The lowest BCUT2D eigenvalue weighted by Crippen LogP contribution is -2.47. The van der Waals surface area contributed by atoms with E-state index < -0.39 is 0 Å². The lowest BCUT2D eigenvalue weighted by Gasteiger charge is -2.35. The highest BCUT2D eigenvalue weighted by molar-refractivity contribution is 5.47. The molecule has 3 heterocycles. The number of rotatable bonds is 7. The number of methoxy groups -OCH3 is 2. The molecule has 3 aromatic rings. The third-order valence-electron chi connectivity index (χ3n) is 5.82. The molecule has 0 amide bonds. The number of hydrogen-bond acceptors (Lipinski definition) is 6. The van der Waals surface area contributed by atoms with Crippen LogP contribution in [0.5, 0.6) is 11.5 Å². The molecule has 0 atom stereocenters. The molecule has 1 aliphatic rings. The van der Waals surface area contributed by atoms with Crippen molar-refractivity contribution in [2.24, 2.45) is 0 Å². The molecule has 30 heavy (non-hydrogen) atoms. The Balaban J connectivity index is 1.32. The molecule has 1 fully saturated rings. The van der Waals surface area contributed by atoms with Gasteiger partial charge in [-0.05, 0) is 42.3 Å². The average molecular weight is 412 g/mol. The monoisotopic (exact) mass is 411 g/mol. The average Bonchev–Trinajstić information content (AvgIpc) is 3.10. The van der Waals surface area contributed by atoms with Crippen LogP contribution in [-0.4, -0.2) is 70.9 Å².